The minimum atomic E-state index is -0.503. The maximum absolute atomic E-state index is 13.3. The van der Waals surface area contributed by atoms with Gasteiger partial charge in [0.2, 0.25) is 0 Å². The minimum Gasteiger partial charge on any atom is -0.497 e. The van der Waals surface area contributed by atoms with Gasteiger partial charge in [0.25, 0.3) is 11.8 Å². The van der Waals surface area contributed by atoms with Gasteiger partial charge in [-0.1, -0.05) is 31.2 Å². The molecule has 1 fully saturated rings. The molecule has 1 aliphatic rings. The molecule has 0 spiro atoms. The smallest absolute Gasteiger partial charge is 0.270 e. The SMILES string of the molecule is CCCn1cc(C=C2C(=O)NC(=S)N(c3cccc(OC)c3)C2=O)c2ccccc21. The molecule has 1 saturated heterocycles. The zero-order valence-corrected chi connectivity index (χ0v) is 17.5. The van der Waals surface area contributed by atoms with Crippen LogP contribution in [0.2, 0.25) is 0 Å². The van der Waals surface area contributed by atoms with Crippen molar-refractivity contribution in [1.29, 1.82) is 0 Å². The first-order valence-electron chi connectivity index (χ1n) is 9.67. The van der Waals surface area contributed by atoms with Gasteiger partial charge in [-0.3, -0.25) is 19.8 Å². The fourth-order valence-electron chi connectivity index (χ4n) is 3.61. The Morgan fingerprint density at radius 2 is 1.93 bits per heavy atom. The second-order valence-electron chi connectivity index (χ2n) is 6.95. The number of aryl methyl sites for hydroxylation is 1. The standard InChI is InChI=1S/C23H21N3O3S/c1-3-11-25-14-15(18-9-4-5-10-20(18)25)12-19-21(27)24-23(30)26(22(19)28)16-7-6-8-17(13-16)29-2/h4-10,12-14H,3,11H2,1-2H3,(H,24,27,30). The highest BCUT2D eigenvalue weighted by molar-refractivity contribution is 7.80. The van der Waals surface area contributed by atoms with Crippen LogP contribution < -0.4 is 15.0 Å². The third-order valence-electron chi connectivity index (χ3n) is 5.00. The summed E-state index contributed by atoms with van der Waals surface area (Å²) in [5.74, 6) is -0.381. The number of carbonyl (C=O) groups excluding carboxylic acids is 2. The Bertz CT molecular complexity index is 1200. The van der Waals surface area contributed by atoms with Crippen LogP contribution in [0.15, 0.2) is 60.3 Å². The highest BCUT2D eigenvalue weighted by Gasteiger charge is 2.34. The lowest BCUT2D eigenvalue weighted by Gasteiger charge is -2.29. The first-order chi connectivity index (χ1) is 14.5. The second kappa shape index (κ2) is 8.12. The molecule has 0 unspecified atom stereocenters. The van der Waals surface area contributed by atoms with E-state index in [0.29, 0.717) is 11.4 Å². The van der Waals surface area contributed by atoms with E-state index < -0.39 is 11.8 Å². The molecule has 6 nitrogen and oxygen atoms in total. The van der Waals surface area contributed by atoms with Crippen LogP contribution in [0, 0.1) is 0 Å². The quantitative estimate of drug-likeness (QED) is 0.387. The van der Waals surface area contributed by atoms with Gasteiger partial charge in [-0.25, -0.2) is 0 Å². The van der Waals surface area contributed by atoms with Crippen LogP contribution in [0.5, 0.6) is 5.75 Å². The molecule has 3 aromatic rings. The van der Waals surface area contributed by atoms with Crippen LogP contribution in [-0.4, -0.2) is 28.6 Å². The molecule has 2 aromatic carbocycles. The molecule has 0 saturated carbocycles. The third-order valence-corrected chi connectivity index (χ3v) is 5.28. The molecule has 4 rings (SSSR count). The van der Waals surface area contributed by atoms with E-state index in [2.05, 4.69) is 16.8 Å². The van der Waals surface area contributed by atoms with Crippen LogP contribution in [0.1, 0.15) is 18.9 Å². The van der Waals surface area contributed by atoms with Crippen molar-refractivity contribution in [3.05, 3.63) is 65.9 Å². The molecule has 0 bridgehead atoms. The Labute approximate surface area is 179 Å². The monoisotopic (exact) mass is 419 g/mol. The third kappa shape index (κ3) is 3.48. The number of fused-ring (bicyclic) bond motifs is 1. The summed E-state index contributed by atoms with van der Waals surface area (Å²) in [7, 11) is 1.55. The highest BCUT2D eigenvalue weighted by Crippen LogP contribution is 2.28. The van der Waals surface area contributed by atoms with E-state index in [9.17, 15) is 9.59 Å². The summed E-state index contributed by atoms with van der Waals surface area (Å²) in [4.78, 5) is 27.2. The van der Waals surface area contributed by atoms with Crippen molar-refractivity contribution in [3.63, 3.8) is 0 Å². The topological polar surface area (TPSA) is 63.6 Å². The Morgan fingerprint density at radius 3 is 2.70 bits per heavy atom. The number of aromatic nitrogens is 1. The van der Waals surface area contributed by atoms with E-state index in [1.165, 1.54) is 4.90 Å². The number of para-hydroxylation sites is 1. The van der Waals surface area contributed by atoms with Crippen LogP contribution in [0.4, 0.5) is 5.69 Å². The van der Waals surface area contributed by atoms with Crippen molar-refractivity contribution < 1.29 is 14.3 Å². The lowest BCUT2D eigenvalue weighted by molar-refractivity contribution is -0.122. The number of thiocarbonyl (C=S) groups is 1. The molecule has 0 radical (unpaired) electrons. The highest BCUT2D eigenvalue weighted by atomic mass is 32.1. The number of ether oxygens (including phenoxy) is 1. The maximum Gasteiger partial charge on any atom is 0.270 e. The van der Waals surface area contributed by atoms with E-state index in [-0.39, 0.29) is 10.7 Å². The summed E-state index contributed by atoms with van der Waals surface area (Å²) >= 11 is 5.28. The van der Waals surface area contributed by atoms with Crippen molar-refractivity contribution in [2.75, 3.05) is 12.0 Å². The average Bonchev–Trinajstić information content (AvgIpc) is 3.09. The number of rotatable bonds is 5. The van der Waals surface area contributed by atoms with Crippen molar-refractivity contribution in [2.45, 2.75) is 19.9 Å². The molecule has 0 aliphatic carbocycles. The van der Waals surface area contributed by atoms with E-state index in [1.807, 2.05) is 30.5 Å². The number of methoxy groups -OCH3 is 1. The zero-order valence-electron chi connectivity index (χ0n) is 16.7. The summed E-state index contributed by atoms with van der Waals surface area (Å²) in [5, 5.41) is 3.66. The minimum absolute atomic E-state index is 0.0332. The summed E-state index contributed by atoms with van der Waals surface area (Å²) in [6.07, 6.45) is 4.59. The van der Waals surface area contributed by atoms with Crippen LogP contribution >= 0.6 is 12.2 Å². The second-order valence-corrected chi connectivity index (χ2v) is 7.34. The lowest BCUT2D eigenvalue weighted by Crippen LogP contribution is -2.54. The predicted molar refractivity (Wildman–Crippen MR) is 121 cm³/mol. The average molecular weight is 420 g/mol. The lowest BCUT2D eigenvalue weighted by atomic mass is 10.1. The molecular weight excluding hydrogens is 398 g/mol. The summed E-state index contributed by atoms with van der Waals surface area (Å²) in [6, 6.07) is 14.9. The van der Waals surface area contributed by atoms with Gasteiger partial charge in [-0.2, -0.15) is 0 Å². The number of carbonyl (C=O) groups is 2. The van der Waals surface area contributed by atoms with Crippen LogP contribution in [0.25, 0.3) is 17.0 Å². The summed E-state index contributed by atoms with van der Waals surface area (Å²) in [6.45, 7) is 2.96. The Balaban J connectivity index is 1.79. The fraction of sp³-hybridized carbons (Fsp3) is 0.174. The number of nitrogens with one attached hydrogen (secondary N) is 1. The van der Waals surface area contributed by atoms with Gasteiger partial charge in [0.1, 0.15) is 11.3 Å². The normalized spacial score (nSPS) is 15.7. The van der Waals surface area contributed by atoms with E-state index in [0.717, 1.165) is 29.4 Å². The molecule has 1 N–H and O–H groups in total. The van der Waals surface area contributed by atoms with Gasteiger partial charge in [0.05, 0.1) is 12.8 Å². The van der Waals surface area contributed by atoms with Gasteiger partial charge in [-0.05, 0) is 42.9 Å². The molecule has 152 valence electrons. The fourth-order valence-corrected chi connectivity index (χ4v) is 3.89. The van der Waals surface area contributed by atoms with Gasteiger partial charge in [0, 0.05) is 35.3 Å². The number of benzene rings is 2. The largest absolute Gasteiger partial charge is 0.497 e. The molecule has 2 amide bonds. The zero-order chi connectivity index (χ0) is 21.3. The number of anilines is 1. The van der Waals surface area contributed by atoms with Crippen LogP contribution in [-0.2, 0) is 16.1 Å². The molecular formula is C23H21N3O3S. The van der Waals surface area contributed by atoms with Crippen molar-refractivity contribution in [1.82, 2.24) is 9.88 Å². The van der Waals surface area contributed by atoms with Gasteiger partial charge in [0.15, 0.2) is 5.11 Å². The molecule has 30 heavy (non-hydrogen) atoms. The van der Waals surface area contributed by atoms with Gasteiger partial charge >= 0.3 is 0 Å². The maximum atomic E-state index is 13.3. The van der Waals surface area contributed by atoms with E-state index >= 15 is 0 Å². The number of nitrogens with zero attached hydrogens (tertiary/aromatic N) is 2. The molecule has 1 aliphatic heterocycles. The predicted octanol–water partition coefficient (Wildman–Crippen LogP) is 3.89. The number of hydrogen-bond donors (Lipinski definition) is 1. The van der Waals surface area contributed by atoms with Gasteiger partial charge in [-0.15, -0.1) is 0 Å². The van der Waals surface area contributed by atoms with Crippen molar-refractivity contribution in [3.8, 4) is 5.75 Å². The number of amides is 2. The Hall–Kier alpha value is -3.45. The Kier molecular flexibility index (Phi) is 5.37. The Morgan fingerprint density at radius 1 is 1.13 bits per heavy atom. The first kappa shape index (κ1) is 19.8. The molecule has 1 aromatic heterocycles. The van der Waals surface area contributed by atoms with Crippen molar-refractivity contribution in [2.24, 2.45) is 0 Å². The number of hydrogen-bond acceptors (Lipinski definition) is 4. The van der Waals surface area contributed by atoms with Crippen molar-refractivity contribution >= 4 is 51.8 Å². The van der Waals surface area contributed by atoms with Gasteiger partial charge < -0.3 is 9.30 Å². The summed E-state index contributed by atoms with van der Waals surface area (Å²) in [5.41, 5.74) is 2.44. The van der Waals surface area contributed by atoms with E-state index in [1.54, 1.807) is 37.5 Å². The molecule has 7 heteroatoms. The first-order valence-corrected chi connectivity index (χ1v) is 10.1. The molecule has 0 atom stereocenters. The van der Waals surface area contributed by atoms with E-state index in [4.69, 9.17) is 17.0 Å². The van der Waals surface area contributed by atoms with Crippen LogP contribution in [0.3, 0.4) is 0 Å². The summed E-state index contributed by atoms with van der Waals surface area (Å²) < 4.78 is 7.38. The molecule has 2 heterocycles.